The lowest BCUT2D eigenvalue weighted by atomic mass is 10.0. The van der Waals surface area contributed by atoms with Crippen molar-refractivity contribution < 1.29 is 24.9 Å². The van der Waals surface area contributed by atoms with Crippen LogP contribution in [-0.4, -0.2) is 38.3 Å². The molecule has 1 aromatic heterocycles. The number of nitrogens with one attached hydrogen (secondary N) is 1. The van der Waals surface area contributed by atoms with Crippen molar-refractivity contribution in [1.82, 2.24) is 4.98 Å². The third-order valence-electron chi connectivity index (χ3n) is 2.99. The predicted octanol–water partition coefficient (Wildman–Crippen LogP) is 0.136. The van der Waals surface area contributed by atoms with Gasteiger partial charge in [0.05, 0.1) is 12.5 Å². The predicted molar refractivity (Wildman–Crippen MR) is 70.0 cm³/mol. The van der Waals surface area contributed by atoms with Crippen LogP contribution in [-0.2, 0) is 4.79 Å². The number of carbonyl (C=O) groups is 2. The van der Waals surface area contributed by atoms with Crippen molar-refractivity contribution in [2.75, 3.05) is 0 Å². The van der Waals surface area contributed by atoms with Gasteiger partial charge in [0.15, 0.2) is 0 Å². The van der Waals surface area contributed by atoms with Crippen molar-refractivity contribution in [3.8, 4) is 0 Å². The monoisotopic (exact) mass is 278 g/mol. The molecule has 0 radical (unpaired) electrons. The molecule has 0 bridgehead atoms. The second-order valence-electron chi connectivity index (χ2n) is 4.52. The highest BCUT2D eigenvalue weighted by atomic mass is 16.4. The van der Waals surface area contributed by atoms with Crippen LogP contribution < -0.4 is 5.73 Å². The van der Waals surface area contributed by atoms with Crippen molar-refractivity contribution in [2.24, 2.45) is 5.73 Å². The number of aliphatic hydroxyl groups is 2. The second-order valence-corrected chi connectivity index (χ2v) is 4.52. The maximum atomic E-state index is 10.8. The van der Waals surface area contributed by atoms with Gasteiger partial charge in [0.1, 0.15) is 11.8 Å². The Morgan fingerprint density at radius 1 is 1.25 bits per heavy atom. The summed E-state index contributed by atoms with van der Waals surface area (Å²) in [6, 6.07) is 6.16. The molecule has 2 unspecified atom stereocenters. The molecule has 0 fully saturated rings. The fraction of sp³-hybridized carbons (Fsp3) is 0.231. The summed E-state index contributed by atoms with van der Waals surface area (Å²) < 4.78 is 0. The van der Waals surface area contributed by atoms with E-state index < -0.39 is 24.1 Å². The van der Waals surface area contributed by atoms with Crippen molar-refractivity contribution >= 4 is 22.8 Å². The Balaban J connectivity index is 2.31. The van der Waals surface area contributed by atoms with E-state index in [0.29, 0.717) is 16.5 Å². The molecule has 0 aliphatic heterocycles. The largest absolute Gasteiger partial charge is 0.477 e. The zero-order chi connectivity index (χ0) is 14.9. The van der Waals surface area contributed by atoms with E-state index >= 15 is 0 Å². The molecule has 0 aliphatic carbocycles. The van der Waals surface area contributed by atoms with Gasteiger partial charge in [-0.25, -0.2) is 4.79 Å². The summed E-state index contributed by atoms with van der Waals surface area (Å²) in [6.45, 7) is 0. The molecule has 6 N–H and O–H groups in total. The minimum atomic E-state index is -1.31. The molecular weight excluding hydrogens is 264 g/mol. The number of aromatic nitrogens is 1. The zero-order valence-corrected chi connectivity index (χ0v) is 10.4. The number of rotatable bonds is 5. The fourth-order valence-electron chi connectivity index (χ4n) is 1.98. The summed E-state index contributed by atoms with van der Waals surface area (Å²) in [4.78, 5) is 24.2. The number of hydrogen-bond donors (Lipinski definition) is 5. The maximum absolute atomic E-state index is 10.8. The van der Waals surface area contributed by atoms with Crippen LogP contribution in [0.15, 0.2) is 24.3 Å². The van der Waals surface area contributed by atoms with Gasteiger partial charge in [0.25, 0.3) is 0 Å². The summed E-state index contributed by atoms with van der Waals surface area (Å²) >= 11 is 0. The van der Waals surface area contributed by atoms with Crippen LogP contribution >= 0.6 is 0 Å². The van der Waals surface area contributed by atoms with Crippen LogP contribution in [0.3, 0.4) is 0 Å². The van der Waals surface area contributed by atoms with Gasteiger partial charge in [-0.05, 0) is 17.7 Å². The first-order valence-electron chi connectivity index (χ1n) is 5.89. The van der Waals surface area contributed by atoms with Gasteiger partial charge >= 0.3 is 5.97 Å². The van der Waals surface area contributed by atoms with Gasteiger partial charge in [0.2, 0.25) is 5.91 Å². The van der Waals surface area contributed by atoms with E-state index in [1.807, 2.05) is 0 Å². The van der Waals surface area contributed by atoms with Crippen molar-refractivity contribution in [3.63, 3.8) is 0 Å². The van der Waals surface area contributed by atoms with Crippen molar-refractivity contribution in [3.05, 3.63) is 35.5 Å². The van der Waals surface area contributed by atoms with Gasteiger partial charge < -0.3 is 26.0 Å². The van der Waals surface area contributed by atoms with Crippen LogP contribution in [0.4, 0.5) is 0 Å². The first-order valence-corrected chi connectivity index (χ1v) is 5.89. The van der Waals surface area contributed by atoms with Gasteiger partial charge in [0, 0.05) is 10.9 Å². The molecular formula is C13H14N2O5. The standard InChI is InChI=1S/C13H14N2O5/c14-11(17)5-10(16)12(18)7-2-1-6-3-9(13(19)20)15-8(6)4-7/h1-4,10,12,15-16,18H,5H2,(H2,14,17)(H,19,20). The Hall–Kier alpha value is -2.38. The van der Waals surface area contributed by atoms with Crippen molar-refractivity contribution in [2.45, 2.75) is 18.6 Å². The Morgan fingerprint density at radius 3 is 2.55 bits per heavy atom. The molecule has 7 heteroatoms. The number of carboxylic acids is 1. The van der Waals surface area contributed by atoms with Crippen LogP contribution in [0.25, 0.3) is 10.9 Å². The summed E-state index contributed by atoms with van der Waals surface area (Å²) in [5, 5.41) is 29.1. The van der Waals surface area contributed by atoms with Crippen LogP contribution in [0, 0.1) is 0 Å². The number of aliphatic hydroxyl groups excluding tert-OH is 2. The lowest BCUT2D eigenvalue weighted by molar-refractivity contribution is -0.121. The zero-order valence-electron chi connectivity index (χ0n) is 10.4. The van der Waals surface area contributed by atoms with E-state index in [9.17, 15) is 19.8 Å². The summed E-state index contributed by atoms with van der Waals surface area (Å²) in [5.41, 5.74) is 5.87. The van der Waals surface area contributed by atoms with Gasteiger partial charge in [-0.2, -0.15) is 0 Å². The molecule has 106 valence electrons. The van der Waals surface area contributed by atoms with Crippen LogP contribution in [0.1, 0.15) is 28.6 Å². The number of aromatic carboxylic acids is 1. The Labute approximate surface area is 113 Å². The third-order valence-corrected chi connectivity index (χ3v) is 2.99. The molecule has 2 atom stereocenters. The number of hydrogen-bond acceptors (Lipinski definition) is 4. The van der Waals surface area contributed by atoms with E-state index in [1.54, 1.807) is 12.1 Å². The molecule has 2 rings (SSSR count). The highest BCUT2D eigenvalue weighted by Gasteiger charge is 2.21. The highest BCUT2D eigenvalue weighted by molar-refractivity contribution is 5.93. The minimum absolute atomic E-state index is 0.0318. The van der Waals surface area contributed by atoms with Crippen LogP contribution in [0.2, 0.25) is 0 Å². The number of amides is 1. The normalized spacial score (nSPS) is 14.1. The summed E-state index contributed by atoms with van der Waals surface area (Å²) in [6.07, 6.45) is -2.94. The highest BCUT2D eigenvalue weighted by Crippen LogP contribution is 2.24. The molecule has 1 amide bonds. The smallest absolute Gasteiger partial charge is 0.352 e. The molecule has 0 saturated carbocycles. The quantitative estimate of drug-likeness (QED) is 0.529. The lowest BCUT2D eigenvalue weighted by Crippen LogP contribution is -2.25. The SMILES string of the molecule is NC(=O)CC(O)C(O)c1ccc2cc(C(=O)O)[nH]c2c1. The summed E-state index contributed by atoms with van der Waals surface area (Å²) in [7, 11) is 0. The summed E-state index contributed by atoms with van der Waals surface area (Å²) in [5.74, 6) is -1.80. The molecule has 7 nitrogen and oxygen atoms in total. The molecule has 2 aromatic rings. The Kier molecular flexibility index (Phi) is 3.73. The maximum Gasteiger partial charge on any atom is 0.352 e. The second kappa shape index (κ2) is 5.32. The van der Waals surface area contributed by atoms with Crippen molar-refractivity contribution in [1.29, 1.82) is 0 Å². The van der Waals surface area contributed by atoms with E-state index in [0.717, 1.165) is 0 Å². The van der Waals surface area contributed by atoms with Gasteiger partial charge in [-0.3, -0.25) is 4.79 Å². The molecule has 0 aliphatic rings. The number of nitrogens with two attached hydrogens (primary N) is 1. The number of primary amides is 1. The average Bonchev–Trinajstić information content (AvgIpc) is 2.79. The number of H-pyrrole nitrogens is 1. The first kappa shape index (κ1) is 14.0. The van der Waals surface area contributed by atoms with E-state index in [4.69, 9.17) is 10.8 Å². The lowest BCUT2D eigenvalue weighted by Gasteiger charge is -2.16. The van der Waals surface area contributed by atoms with E-state index in [-0.39, 0.29) is 12.1 Å². The molecule has 1 aromatic carbocycles. The number of aromatic amines is 1. The molecule has 20 heavy (non-hydrogen) atoms. The number of carbonyl (C=O) groups excluding carboxylic acids is 1. The van der Waals surface area contributed by atoms with E-state index in [1.165, 1.54) is 12.1 Å². The molecule has 0 saturated heterocycles. The molecule has 0 spiro atoms. The van der Waals surface area contributed by atoms with Gasteiger partial charge in [-0.1, -0.05) is 12.1 Å². The number of carboxylic acid groups (broad SMARTS) is 1. The Bertz CT molecular complexity index is 664. The van der Waals surface area contributed by atoms with Crippen LogP contribution in [0.5, 0.6) is 0 Å². The average molecular weight is 278 g/mol. The minimum Gasteiger partial charge on any atom is -0.477 e. The third kappa shape index (κ3) is 2.79. The van der Waals surface area contributed by atoms with Gasteiger partial charge in [-0.15, -0.1) is 0 Å². The first-order chi connectivity index (χ1) is 9.38. The molecule has 1 heterocycles. The van der Waals surface area contributed by atoms with E-state index in [2.05, 4.69) is 4.98 Å². The number of benzene rings is 1. The topological polar surface area (TPSA) is 137 Å². The fourth-order valence-corrected chi connectivity index (χ4v) is 1.98. The Morgan fingerprint density at radius 2 is 1.95 bits per heavy atom. The number of fused-ring (bicyclic) bond motifs is 1.